The van der Waals surface area contributed by atoms with Crippen LogP contribution in [0.3, 0.4) is 0 Å². The molecule has 0 N–H and O–H groups in total. The van der Waals surface area contributed by atoms with Crippen LogP contribution in [0.5, 0.6) is 0 Å². The van der Waals surface area contributed by atoms with Gasteiger partial charge in [-0.05, 0) is 48.9 Å². The fourth-order valence-electron chi connectivity index (χ4n) is 3.69. The van der Waals surface area contributed by atoms with Gasteiger partial charge in [0.2, 0.25) is 10.0 Å². The number of sulfonamides is 1. The zero-order valence-corrected chi connectivity index (χ0v) is 17.6. The number of piperazine rings is 1. The Bertz CT molecular complexity index is 1200. The minimum atomic E-state index is -4.34. The predicted molar refractivity (Wildman–Crippen MR) is 112 cm³/mol. The molecule has 0 aliphatic carbocycles. The van der Waals surface area contributed by atoms with E-state index >= 15 is 0 Å². The van der Waals surface area contributed by atoms with Gasteiger partial charge in [0.15, 0.2) is 4.90 Å². The molecule has 1 aliphatic rings. The van der Waals surface area contributed by atoms with E-state index in [1.165, 1.54) is 0 Å². The Morgan fingerprint density at radius 3 is 2.13 bits per heavy atom. The van der Waals surface area contributed by atoms with Crippen LogP contribution in [0.4, 0.5) is 8.78 Å². The van der Waals surface area contributed by atoms with E-state index in [1.54, 1.807) is 17.0 Å². The molecule has 2 aromatic carbocycles. The molecular formula is C22H21F2N3O3S. The lowest BCUT2D eigenvalue weighted by atomic mass is 10.1. The fourth-order valence-corrected chi connectivity index (χ4v) is 5.22. The Morgan fingerprint density at radius 2 is 1.52 bits per heavy atom. The van der Waals surface area contributed by atoms with Crippen LogP contribution in [0.1, 0.15) is 15.9 Å². The second-order valence-electron chi connectivity index (χ2n) is 7.34. The van der Waals surface area contributed by atoms with Gasteiger partial charge in [-0.3, -0.25) is 4.79 Å². The first-order chi connectivity index (χ1) is 14.8. The van der Waals surface area contributed by atoms with Crippen molar-refractivity contribution in [1.29, 1.82) is 0 Å². The van der Waals surface area contributed by atoms with Crippen molar-refractivity contribution in [1.82, 2.24) is 13.8 Å². The largest absolute Gasteiger partial charge is 0.336 e. The number of amides is 1. The molecule has 0 saturated carbocycles. The van der Waals surface area contributed by atoms with Gasteiger partial charge in [-0.1, -0.05) is 12.1 Å². The molecule has 1 aromatic heterocycles. The van der Waals surface area contributed by atoms with Crippen LogP contribution in [0.2, 0.25) is 0 Å². The van der Waals surface area contributed by atoms with Gasteiger partial charge >= 0.3 is 0 Å². The minimum absolute atomic E-state index is 0.0435. The average molecular weight is 445 g/mol. The first-order valence-corrected chi connectivity index (χ1v) is 11.2. The number of hydrogen-bond acceptors (Lipinski definition) is 3. The molecule has 3 aromatic rings. The first-order valence-electron chi connectivity index (χ1n) is 9.76. The van der Waals surface area contributed by atoms with Gasteiger partial charge in [0.25, 0.3) is 5.91 Å². The predicted octanol–water partition coefficient (Wildman–Crippen LogP) is 3.21. The topological polar surface area (TPSA) is 62.6 Å². The number of hydrogen-bond donors (Lipinski definition) is 0. The Kier molecular flexibility index (Phi) is 5.63. The summed E-state index contributed by atoms with van der Waals surface area (Å²) in [6, 6.07) is 12.1. The molecule has 1 amide bonds. The lowest BCUT2D eigenvalue weighted by molar-refractivity contribution is 0.0697. The molecule has 4 rings (SSSR count). The third-order valence-corrected chi connectivity index (χ3v) is 7.33. The normalized spacial score (nSPS) is 15.3. The number of carbonyl (C=O) groups excluding carboxylic acids is 1. The van der Waals surface area contributed by atoms with Crippen molar-refractivity contribution in [2.45, 2.75) is 11.8 Å². The van der Waals surface area contributed by atoms with Crippen molar-refractivity contribution in [3.05, 3.63) is 83.7 Å². The Morgan fingerprint density at radius 1 is 0.903 bits per heavy atom. The summed E-state index contributed by atoms with van der Waals surface area (Å²) >= 11 is 0. The monoisotopic (exact) mass is 445 g/mol. The number of halogens is 2. The third kappa shape index (κ3) is 3.98. The molecule has 162 valence electrons. The highest BCUT2D eigenvalue weighted by Gasteiger charge is 2.34. The maximum absolute atomic E-state index is 14.0. The van der Waals surface area contributed by atoms with Crippen molar-refractivity contribution >= 4 is 15.9 Å². The SMILES string of the molecule is Cc1ccc(C(=O)N2CCN(S(=O)(=O)c3c(F)cccc3F)CC2)cc1-n1cccc1. The Hall–Kier alpha value is -3.04. The lowest BCUT2D eigenvalue weighted by Gasteiger charge is -2.34. The fraction of sp³-hybridized carbons (Fsp3) is 0.227. The standard InChI is InChI=1S/C22H21F2N3O3S/c1-16-7-8-17(15-20(16)25-9-2-3-10-25)22(28)26-11-13-27(14-12-26)31(29,30)21-18(23)5-4-6-19(21)24/h2-10,15H,11-14H2,1H3. The number of aryl methyl sites for hydroxylation is 1. The zero-order valence-electron chi connectivity index (χ0n) is 16.8. The summed E-state index contributed by atoms with van der Waals surface area (Å²) in [6.45, 7) is 2.12. The molecule has 1 fully saturated rings. The quantitative estimate of drug-likeness (QED) is 0.620. The van der Waals surface area contributed by atoms with E-state index in [4.69, 9.17) is 0 Å². The molecule has 0 spiro atoms. The summed E-state index contributed by atoms with van der Waals surface area (Å²) in [5.41, 5.74) is 2.38. The molecule has 0 bridgehead atoms. The second kappa shape index (κ2) is 8.24. The Labute approximate surface area is 179 Å². The van der Waals surface area contributed by atoms with Crippen molar-refractivity contribution in [3.63, 3.8) is 0 Å². The maximum atomic E-state index is 14.0. The summed E-state index contributed by atoms with van der Waals surface area (Å²) in [7, 11) is -4.34. The van der Waals surface area contributed by atoms with Gasteiger partial charge in [-0.15, -0.1) is 0 Å². The number of benzene rings is 2. The van der Waals surface area contributed by atoms with Crippen LogP contribution < -0.4 is 0 Å². The van der Waals surface area contributed by atoms with E-state index in [9.17, 15) is 22.0 Å². The lowest BCUT2D eigenvalue weighted by Crippen LogP contribution is -2.50. The number of aromatic nitrogens is 1. The van der Waals surface area contributed by atoms with E-state index in [1.807, 2.05) is 42.1 Å². The summed E-state index contributed by atoms with van der Waals surface area (Å²) < 4.78 is 56.4. The van der Waals surface area contributed by atoms with Crippen LogP contribution in [-0.2, 0) is 10.0 Å². The van der Waals surface area contributed by atoms with Crippen molar-refractivity contribution in [3.8, 4) is 5.69 Å². The van der Waals surface area contributed by atoms with Crippen molar-refractivity contribution in [2.24, 2.45) is 0 Å². The van der Waals surface area contributed by atoms with Gasteiger partial charge in [0.05, 0.1) is 0 Å². The van der Waals surface area contributed by atoms with E-state index in [0.29, 0.717) is 5.56 Å². The van der Waals surface area contributed by atoms with Crippen molar-refractivity contribution in [2.75, 3.05) is 26.2 Å². The van der Waals surface area contributed by atoms with Crippen LogP contribution in [0.25, 0.3) is 5.69 Å². The van der Waals surface area contributed by atoms with Gasteiger partial charge in [0.1, 0.15) is 11.6 Å². The summed E-state index contributed by atoms with van der Waals surface area (Å²) in [5.74, 6) is -2.48. The van der Waals surface area contributed by atoms with Gasteiger partial charge in [-0.2, -0.15) is 4.31 Å². The van der Waals surface area contributed by atoms with Crippen LogP contribution in [0.15, 0.2) is 65.8 Å². The van der Waals surface area contributed by atoms with E-state index in [-0.39, 0.29) is 32.1 Å². The highest BCUT2D eigenvalue weighted by atomic mass is 32.2. The number of nitrogens with zero attached hydrogens (tertiary/aromatic N) is 3. The van der Waals surface area contributed by atoms with E-state index in [0.717, 1.165) is 33.8 Å². The van der Waals surface area contributed by atoms with Crippen LogP contribution in [0, 0.1) is 18.6 Å². The molecule has 6 nitrogen and oxygen atoms in total. The van der Waals surface area contributed by atoms with Gasteiger partial charge in [0, 0.05) is 49.8 Å². The van der Waals surface area contributed by atoms with E-state index in [2.05, 4.69) is 0 Å². The van der Waals surface area contributed by atoms with Gasteiger partial charge < -0.3 is 9.47 Å². The number of rotatable bonds is 4. The molecule has 1 saturated heterocycles. The summed E-state index contributed by atoms with van der Waals surface area (Å²) in [6.07, 6.45) is 3.78. The first kappa shape index (κ1) is 21.2. The van der Waals surface area contributed by atoms with Gasteiger partial charge in [-0.25, -0.2) is 17.2 Å². The molecule has 9 heteroatoms. The molecular weight excluding hydrogens is 424 g/mol. The molecule has 31 heavy (non-hydrogen) atoms. The van der Waals surface area contributed by atoms with Crippen LogP contribution in [-0.4, -0.2) is 54.3 Å². The molecule has 2 heterocycles. The minimum Gasteiger partial charge on any atom is -0.336 e. The average Bonchev–Trinajstić information content (AvgIpc) is 3.28. The second-order valence-corrected chi connectivity index (χ2v) is 9.21. The highest BCUT2D eigenvalue weighted by Crippen LogP contribution is 2.24. The molecule has 0 unspecified atom stereocenters. The maximum Gasteiger partial charge on any atom is 0.254 e. The summed E-state index contributed by atoms with van der Waals surface area (Å²) in [5, 5.41) is 0. The van der Waals surface area contributed by atoms with Crippen LogP contribution >= 0.6 is 0 Å². The van der Waals surface area contributed by atoms with Crippen molar-refractivity contribution < 1.29 is 22.0 Å². The molecule has 0 radical (unpaired) electrons. The zero-order chi connectivity index (χ0) is 22.2. The highest BCUT2D eigenvalue weighted by molar-refractivity contribution is 7.89. The molecule has 0 atom stereocenters. The van der Waals surface area contributed by atoms with E-state index < -0.39 is 26.6 Å². The third-order valence-electron chi connectivity index (χ3n) is 5.38. The molecule has 1 aliphatic heterocycles. The Balaban J connectivity index is 1.51. The number of carbonyl (C=O) groups is 1. The summed E-state index contributed by atoms with van der Waals surface area (Å²) in [4.78, 5) is 13.6. The smallest absolute Gasteiger partial charge is 0.254 e.